The summed E-state index contributed by atoms with van der Waals surface area (Å²) in [6.45, 7) is 5.03. The Kier molecular flexibility index (Phi) is 7.80. The lowest BCUT2D eigenvalue weighted by Crippen LogP contribution is -2.45. The Bertz CT molecular complexity index is 527. The molecule has 0 radical (unpaired) electrons. The molecule has 2 heterocycles. The van der Waals surface area contributed by atoms with Crippen LogP contribution in [0.3, 0.4) is 0 Å². The lowest BCUT2D eigenvalue weighted by atomic mass is 10.2. The van der Waals surface area contributed by atoms with Crippen molar-refractivity contribution in [2.24, 2.45) is 4.99 Å². The minimum absolute atomic E-state index is 0. The van der Waals surface area contributed by atoms with Crippen LogP contribution in [0.4, 0.5) is 0 Å². The van der Waals surface area contributed by atoms with E-state index in [1.807, 2.05) is 13.1 Å². The van der Waals surface area contributed by atoms with Crippen LogP contribution in [0.2, 0.25) is 0 Å². The van der Waals surface area contributed by atoms with E-state index in [0.29, 0.717) is 12.6 Å². The third-order valence-electron chi connectivity index (χ3n) is 5.03. The lowest BCUT2D eigenvalue weighted by molar-refractivity contribution is 0.242. The van der Waals surface area contributed by atoms with Gasteiger partial charge < -0.3 is 15.2 Å². The number of nitrogens with one attached hydrogen (secondary N) is 2. The molecule has 3 rings (SSSR count). The van der Waals surface area contributed by atoms with Crippen molar-refractivity contribution in [2.75, 3.05) is 20.1 Å². The lowest BCUT2D eigenvalue weighted by Gasteiger charge is -2.24. The van der Waals surface area contributed by atoms with Gasteiger partial charge in [-0.05, 0) is 25.7 Å². The van der Waals surface area contributed by atoms with Crippen LogP contribution in [0.1, 0.15) is 50.5 Å². The summed E-state index contributed by atoms with van der Waals surface area (Å²) in [4.78, 5) is 6.98. The summed E-state index contributed by atoms with van der Waals surface area (Å²) >= 11 is 0. The number of aliphatic imine (C=N–C) groups is 1. The van der Waals surface area contributed by atoms with Gasteiger partial charge in [0.05, 0.1) is 12.2 Å². The van der Waals surface area contributed by atoms with Crippen molar-refractivity contribution in [3.63, 3.8) is 0 Å². The minimum atomic E-state index is 0. The van der Waals surface area contributed by atoms with Gasteiger partial charge in [-0.1, -0.05) is 24.9 Å². The van der Waals surface area contributed by atoms with Crippen LogP contribution in [0, 0.1) is 0 Å². The summed E-state index contributed by atoms with van der Waals surface area (Å²) in [5.74, 6) is 1.70. The quantitative estimate of drug-likeness (QED) is 0.413. The molecule has 24 heavy (non-hydrogen) atoms. The Morgan fingerprint density at radius 2 is 2.17 bits per heavy atom. The summed E-state index contributed by atoms with van der Waals surface area (Å²) in [7, 11) is 1.82. The van der Waals surface area contributed by atoms with Gasteiger partial charge in [-0.2, -0.15) is 0 Å². The van der Waals surface area contributed by atoms with Crippen LogP contribution in [-0.4, -0.2) is 48.2 Å². The predicted molar refractivity (Wildman–Crippen MR) is 107 cm³/mol. The monoisotopic (exact) mass is 447 g/mol. The van der Waals surface area contributed by atoms with Crippen LogP contribution >= 0.6 is 24.0 Å². The van der Waals surface area contributed by atoms with E-state index in [1.54, 1.807) is 0 Å². The van der Waals surface area contributed by atoms with E-state index in [-0.39, 0.29) is 24.0 Å². The second-order valence-corrected chi connectivity index (χ2v) is 6.63. The molecule has 1 saturated heterocycles. The van der Waals surface area contributed by atoms with Crippen molar-refractivity contribution in [3.8, 4) is 0 Å². The Labute approximate surface area is 161 Å². The molecule has 7 heteroatoms. The second-order valence-electron chi connectivity index (χ2n) is 6.63. The van der Waals surface area contributed by atoms with E-state index in [9.17, 15) is 0 Å². The minimum Gasteiger partial charge on any atom is -0.359 e. The largest absolute Gasteiger partial charge is 0.359 e. The number of guanidine groups is 1. The van der Waals surface area contributed by atoms with Crippen molar-refractivity contribution >= 4 is 29.9 Å². The van der Waals surface area contributed by atoms with Crippen molar-refractivity contribution in [2.45, 2.75) is 64.1 Å². The molecule has 1 aromatic rings. The van der Waals surface area contributed by atoms with E-state index in [4.69, 9.17) is 4.52 Å². The number of aromatic nitrogens is 1. The maximum Gasteiger partial charge on any atom is 0.191 e. The Morgan fingerprint density at radius 1 is 1.38 bits per heavy atom. The fourth-order valence-electron chi connectivity index (χ4n) is 3.67. The zero-order valence-corrected chi connectivity index (χ0v) is 17.1. The zero-order chi connectivity index (χ0) is 16.1. The molecule has 0 spiro atoms. The van der Waals surface area contributed by atoms with Crippen LogP contribution in [-0.2, 0) is 13.0 Å². The van der Waals surface area contributed by atoms with Crippen LogP contribution in [0.5, 0.6) is 0 Å². The molecule has 2 aliphatic rings. The van der Waals surface area contributed by atoms with Crippen molar-refractivity contribution in [3.05, 3.63) is 17.5 Å². The fraction of sp³-hybridized carbons (Fsp3) is 0.765. The molecular formula is C17H30IN5O. The third kappa shape index (κ3) is 5.08. The molecule has 1 unspecified atom stereocenters. The summed E-state index contributed by atoms with van der Waals surface area (Å²) in [6, 6.07) is 3.30. The molecule has 0 amide bonds. The van der Waals surface area contributed by atoms with Gasteiger partial charge in [-0.15, -0.1) is 24.0 Å². The molecule has 1 aromatic heterocycles. The summed E-state index contributed by atoms with van der Waals surface area (Å²) in [6.07, 6.45) is 7.66. The first-order valence-electron chi connectivity index (χ1n) is 8.94. The van der Waals surface area contributed by atoms with E-state index < -0.39 is 0 Å². The van der Waals surface area contributed by atoms with Crippen molar-refractivity contribution < 1.29 is 4.52 Å². The van der Waals surface area contributed by atoms with E-state index in [1.165, 1.54) is 38.6 Å². The summed E-state index contributed by atoms with van der Waals surface area (Å²) < 4.78 is 5.30. The SMILES string of the molecule is CCc1cc(CNC(=NC)NC2CCN(C3CCCC3)C2)on1.I. The van der Waals surface area contributed by atoms with Gasteiger partial charge in [0, 0.05) is 38.3 Å². The second kappa shape index (κ2) is 9.60. The molecule has 0 aromatic carbocycles. The van der Waals surface area contributed by atoms with E-state index >= 15 is 0 Å². The molecule has 2 N–H and O–H groups in total. The van der Waals surface area contributed by atoms with Crippen molar-refractivity contribution in [1.29, 1.82) is 0 Å². The standard InChI is InChI=1S/C17H29N5O.HI/c1-3-13-10-16(23-21-13)11-19-17(18-2)20-14-8-9-22(12-14)15-6-4-5-7-15;/h10,14-15H,3-9,11-12H2,1-2H3,(H2,18,19,20);1H. The molecule has 1 aliphatic heterocycles. The third-order valence-corrected chi connectivity index (χ3v) is 5.03. The first-order valence-corrected chi connectivity index (χ1v) is 8.94. The molecule has 136 valence electrons. The molecule has 1 atom stereocenters. The summed E-state index contributed by atoms with van der Waals surface area (Å²) in [5, 5.41) is 10.9. The highest BCUT2D eigenvalue weighted by atomic mass is 127. The molecule has 2 fully saturated rings. The average molecular weight is 447 g/mol. The predicted octanol–water partition coefficient (Wildman–Crippen LogP) is 2.54. The maximum atomic E-state index is 5.30. The topological polar surface area (TPSA) is 65.7 Å². The van der Waals surface area contributed by atoms with Crippen LogP contribution in [0.15, 0.2) is 15.6 Å². The van der Waals surface area contributed by atoms with E-state index in [0.717, 1.165) is 36.4 Å². The van der Waals surface area contributed by atoms with Gasteiger partial charge in [0.15, 0.2) is 11.7 Å². The van der Waals surface area contributed by atoms with Crippen LogP contribution in [0.25, 0.3) is 0 Å². The number of hydrogen-bond donors (Lipinski definition) is 2. The highest BCUT2D eigenvalue weighted by molar-refractivity contribution is 14.0. The van der Waals surface area contributed by atoms with Crippen molar-refractivity contribution in [1.82, 2.24) is 20.7 Å². The van der Waals surface area contributed by atoms with Gasteiger partial charge in [0.1, 0.15) is 0 Å². The molecule has 0 bridgehead atoms. The maximum absolute atomic E-state index is 5.30. The van der Waals surface area contributed by atoms with E-state index in [2.05, 4.69) is 32.6 Å². The molecular weight excluding hydrogens is 417 g/mol. The molecule has 1 aliphatic carbocycles. The van der Waals surface area contributed by atoms with Gasteiger partial charge in [-0.25, -0.2) is 0 Å². The number of likely N-dealkylation sites (tertiary alicyclic amines) is 1. The number of hydrogen-bond acceptors (Lipinski definition) is 4. The molecule has 1 saturated carbocycles. The van der Waals surface area contributed by atoms with Gasteiger partial charge in [-0.3, -0.25) is 9.89 Å². The van der Waals surface area contributed by atoms with Crippen LogP contribution < -0.4 is 10.6 Å². The highest BCUT2D eigenvalue weighted by Gasteiger charge is 2.30. The summed E-state index contributed by atoms with van der Waals surface area (Å²) in [5.41, 5.74) is 0.993. The number of nitrogens with zero attached hydrogens (tertiary/aromatic N) is 3. The Hall–Kier alpha value is -0.830. The highest BCUT2D eigenvalue weighted by Crippen LogP contribution is 2.26. The number of halogens is 1. The zero-order valence-electron chi connectivity index (χ0n) is 14.8. The van der Waals surface area contributed by atoms with Gasteiger partial charge in [0.25, 0.3) is 0 Å². The Balaban J connectivity index is 0.00000208. The first-order chi connectivity index (χ1) is 11.3. The average Bonchev–Trinajstić information content (AvgIpc) is 3.31. The fourth-order valence-corrected chi connectivity index (χ4v) is 3.67. The normalized spacial score (nSPS) is 22.6. The number of rotatable bonds is 5. The van der Waals surface area contributed by atoms with Gasteiger partial charge in [0.2, 0.25) is 0 Å². The number of aryl methyl sites for hydroxylation is 1. The van der Waals surface area contributed by atoms with Gasteiger partial charge >= 0.3 is 0 Å². The smallest absolute Gasteiger partial charge is 0.191 e. The first kappa shape index (κ1) is 19.5. The Morgan fingerprint density at radius 3 is 2.83 bits per heavy atom. The molecule has 6 nitrogen and oxygen atoms in total.